The van der Waals surface area contributed by atoms with E-state index in [-0.39, 0.29) is 23.9 Å². The molecule has 0 spiro atoms. The lowest BCUT2D eigenvalue weighted by atomic mass is 10.0. The Hall–Kier alpha value is -1.42. The number of halogens is 1. The molecule has 0 radical (unpaired) electrons. The van der Waals surface area contributed by atoms with E-state index in [9.17, 15) is 9.18 Å². The van der Waals surface area contributed by atoms with Crippen LogP contribution in [0.4, 0.5) is 4.39 Å². The molecule has 0 bridgehead atoms. The zero-order valence-electron chi connectivity index (χ0n) is 9.07. The molecule has 1 aliphatic heterocycles. The van der Waals surface area contributed by atoms with Crippen LogP contribution in [-0.2, 0) is 9.53 Å². The van der Waals surface area contributed by atoms with Gasteiger partial charge in [0.15, 0.2) is 0 Å². The van der Waals surface area contributed by atoms with Gasteiger partial charge in [0.1, 0.15) is 11.9 Å². The molecule has 86 valence electrons. The molecule has 2 atom stereocenters. The molecule has 0 saturated carbocycles. The minimum absolute atomic E-state index is 0.0923. The minimum atomic E-state index is -0.311. The van der Waals surface area contributed by atoms with Gasteiger partial charge in [-0.3, -0.25) is 10.1 Å². The number of carbonyl (C=O) groups excluding carboxylic acids is 1. The molecular weight excluding hydrogens is 209 g/mol. The third-order valence-corrected chi connectivity index (χ3v) is 2.91. The lowest BCUT2D eigenvalue weighted by Crippen LogP contribution is -2.33. The SMILES string of the molecule is COC(=O)[C@H]1CC[C@H](c2ccccc2F)N1. The maximum Gasteiger partial charge on any atom is 0.322 e. The third kappa shape index (κ3) is 2.07. The van der Waals surface area contributed by atoms with Gasteiger partial charge in [0.25, 0.3) is 0 Å². The maximum atomic E-state index is 13.5. The number of nitrogens with one attached hydrogen (secondary N) is 1. The summed E-state index contributed by atoms with van der Waals surface area (Å²) in [6.07, 6.45) is 1.44. The van der Waals surface area contributed by atoms with Crippen LogP contribution in [0.3, 0.4) is 0 Å². The van der Waals surface area contributed by atoms with Crippen LogP contribution in [0, 0.1) is 5.82 Å². The first-order valence-corrected chi connectivity index (χ1v) is 5.30. The number of hydrogen-bond acceptors (Lipinski definition) is 3. The Bertz CT molecular complexity index is 394. The highest BCUT2D eigenvalue weighted by Crippen LogP contribution is 2.28. The van der Waals surface area contributed by atoms with E-state index < -0.39 is 0 Å². The predicted octanol–water partition coefficient (Wildman–Crippen LogP) is 1.79. The van der Waals surface area contributed by atoms with E-state index in [1.165, 1.54) is 13.2 Å². The highest BCUT2D eigenvalue weighted by molar-refractivity contribution is 5.76. The first-order valence-electron chi connectivity index (χ1n) is 5.30. The maximum absolute atomic E-state index is 13.5. The summed E-state index contributed by atoms with van der Waals surface area (Å²) in [6.45, 7) is 0. The Balaban J connectivity index is 2.09. The fourth-order valence-corrected chi connectivity index (χ4v) is 2.07. The van der Waals surface area contributed by atoms with Gasteiger partial charge in [0.05, 0.1) is 7.11 Å². The highest BCUT2D eigenvalue weighted by Gasteiger charge is 2.31. The van der Waals surface area contributed by atoms with Crippen molar-refractivity contribution in [3.05, 3.63) is 35.6 Å². The quantitative estimate of drug-likeness (QED) is 0.777. The second-order valence-corrected chi connectivity index (χ2v) is 3.89. The van der Waals surface area contributed by atoms with Crippen LogP contribution in [0.15, 0.2) is 24.3 Å². The molecule has 1 fully saturated rings. The molecule has 0 aromatic heterocycles. The second-order valence-electron chi connectivity index (χ2n) is 3.89. The van der Waals surface area contributed by atoms with E-state index >= 15 is 0 Å². The van der Waals surface area contributed by atoms with Gasteiger partial charge in [-0.25, -0.2) is 4.39 Å². The molecule has 1 aromatic rings. The third-order valence-electron chi connectivity index (χ3n) is 2.91. The van der Waals surface area contributed by atoms with Crippen molar-refractivity contribution in [1.29, 1.82) is 0 Å². The Labute approximate surface area is 93.6 Å². The first-order chi connectivity index (χ1) is 7.72. The summed E-state index contributed by atoms with van der Waals surface area (Å²) < 4.78 is 18.1. The van der Waals surface area contributed by atoms with Crippen molar-refractivity contribution in [2.45, 2.75) is 24.9 Å². The van der Waals surface area contributed by atoms with Crippen LogP contribution in [0.25, 0.3) is 0 Å². The number of methoxy groups -OCH3 is 1. The van der Waals surface area contributed by atoms with Crippen molar-refractivity contribution in [2.75, 3.05) is 7.11 Å². The van der Waals surface area contributed by atoms with Gasteiger partial charge >= 0.3 is 5.97 Å². The normalized spacial score (nSPS) is 24.4. The van der Waals surface area contributed by atoms with Crippen molar-refractivity contribution < 1.29 is 13.9 Å². The van der Waals surface area contributed by atoms with Crippen LogP contribution in [-0.4, -0.2) is 19.1 Å². The minimum Gasteiger partial charge on any atom is -0.468 e. The summed E-state index contributed by atoms with van der Waals surface area (Å²) >= 11 is 0. The molecule has 16 heavy (non-hydrogen) atoms. The lowest BCUT2D eigenvalue weighted by Gasteiger charge is -2.13. The monoisotopic (exact) mass is 223 g/mol. The van der Waals surface area contributed by atoms with E-state index in [1.54, 1.807) is 18.2 Å². The smallest absolute Gasteiger partial charge is 0.322 e. The fourth-order valence-electron chi connectivity index (χ4n) is 2.07. The average molecular weight is 223 g/mol. The summed E-state index contributed by atoms with van der Waals surface area (Å²) in [7, 11) is 1.36. The highest BCUT2D eigenvalue weighted by atomic mass is 19.1. The van der Waals surface area contributed by atoms with Crippen molar-refractivity contribution in [1.82, 2.24) is 5.32 Å². The molecule has 0 amide bonds. The Morgan fingerprint density at radius 1 is 1.44 bits per heavy atom. The molecule has 1 N–H and O–H groups in total. The first kappa shape index (κ1) is 11.1. The molecule has 1 aliphatic rings. The summed E-state index contributed by atoms with van der Waals surface area (Å²) in [6, 6.07) is 6.23. The van der Waals surface area contributed by atoms with Gasteiger partial charge in [-0.1, -0.05) is 18.2 Å². The lowest BCUT2D eigenvalue weighted by molar-refractivity contribution is -0.142. The van der Waals surface area contributed by atoms with E-state index in [4.69, 9.17) is 0 Å². The molecule has 0 aliphatic carbocycles. The average Bonchev–Trinajstić information content (AvgIpc) is 2.78. The molecule has 1 heterocycles. The standard InChI is InChI=1S/C12H14FNO2/c1-16-12(15)11-7-6-10(14-11)8-4-2-3-5-9(8)13/h2-5,10-11,14H,6-7H2,1H3/t10-,11-/m1/s1. The number of esters is 1. The Morgan fingerprint density at radius 2 is 2.19 bits per heavy atom. The number of ether oxygens (including phenoxy) is 1. The van der Waals surface area contributed by atoms with Gasteiger partial charge in [0.2, 0.25) is 0 Å². The van der Waals surface area contributed by atoms with Crippen molar-refractivity contribution in [3.63, 3.8) is 0 Å². The van der Waals surface area contributed by atoms with Gasteiger partial charge in [-0.2, -0.15) is 0 Å². The number of rotatable bonds is 2. The topological polar surface area (TPSA) is 38.3 Å². The zero-order chi connectivity index (χ0) is 11.5. The summed E-state index contributed by atoms with van der Waals surface area (Å²) in [5, 5.41) is 3.08. The number of benzene rings is 1. The van der Waals surface area contributed by atoms with Gasteiger partial charge in [0, 0.05) is 11.6 Å². The number of carbonyl (C=O) groups is 1. The Morgan fingerprint density at radius 3 is 2.88 bits per heavy atom. The van der Waals surface area contributed by atoms with E-state index in [1.807, 2.05) is 0 Å². The predicted molar refractivity (Wildman–Crippen MR) is 57.3 cm³/mol. The molecule has 3 nitrogen and oxygen atoms in total. The summed E-state index contributed by atoms with van der Waals surface area (Å²) in [5.74, 6) is -0.510. The molecule has 1 aromatic carbocycles. The van der Waals surface area contributed by atoms with Crippen molar-refractivity contribution in [3.8, 4) is 0 Å². The number of hydrogen-bond donors (Lipinski definition) is 1. The zero-order valence-corrected chi connectivity index (χ0v) is 9.07. The van der Waals surface area contributed by atoms with E-state index in [0.717, 1.165) is 6.42 Å². The molecular formula is C12H14FNO2. The van der Waals surface area contributed by atoms with Crippen LogP contribution in [0.2, 0.25) is 0 Å². The van der Waals surface area contributed by atoms with Gasteiger partial charge < -0.3 is 4.74 Å². The molecule has 2 rings (SSSR count). The molecule has 4 heteroatoms. The van der Waals surface area contributed by atoms with Crippen LogP contribution >= 0.6 is 0 Å². The fraction of sp³-hybridized carbons (Fsp3) is 0.417. The Kier molecular flexibility index (Phi) is 3.19. The summed E-state index contributed by atoms with van der Waals surface area (Å²) in [5.41, 5.74) is 0.619. The van der Waals surface area contributed by atoms with Gasteiger partial charge in [-0.15, -0.1) is 0 Å². The van der Waals surface area contributed by atoms with Gasteiger partial charge in [-0.05, 0) is 18.9 Å². The van der Waals surface area contributed by atoms with E-state index in [2.05, 4.69) is 10.1 Å². The molecule has 0 unspecified atom stereocenters. The van der Waals surface area contributed by atoms with E-state index in [0.29, 0.717) is 12.0 Å². The second kappa shape index (κ2) is 4.61. The van der Waals surface area contributed by atoms with Crippen LogP contribution < -0.4 is 5.32 Å². The largest absolute Gasteiger partial charge is 0.468 e. The van der Waals surface area contributed by atoms with Crippen molar-refractivity contribution >= 4 is 5.97 Å². The van der Waals surface area contributed by atoms with Crippen LogP contribution in [0.1, 0.15) is 24.4 Å². The van der Waals surface area contributed by atoms with Crippen LogP contribution in [0.5, 0.6) is 0 Å². The molecule has 1 saturated heterocycles. The van der Waals surface area contributed by atoms with Crippen molar-refractivity contribution in [2.24, 2.45) is 0 Å². The summed E-state index contributed by atoms with van der Waals surface area (Å²) in [4.78, 5) is 11.3.